The van der Waals surface area contributed by atoms with Crippen LogP contribution in [0.4, 0.5) is 105 Å². The summed E-state index contributed by atoms with van der Waals surface area (Å²) in [5.41, 5.74) is -33.1. The average molecular weight is 1090 g/mol. The largest absolute Gasteiger partial charge is 0.466 e. The maximum Gasteiger partial charge on any atom is 0.430 e. The van der Waals surface area contributed by atoms with Crippen LogP contribution in [0, 0.1) is 23.7 Å². The summed E-state index contributed by atoms with van der Waals surface area (Å²) in [5, 5.41) is 44.2. The van der Waals surface area contributed by atoms with Crippen molar-refractivity contribution in [3.8, 4) is 0 Å². The molecule has 69 heavy (non-hydrogen) atoms. The number of fused-ring (bicyclic) bond motifs is 4. The van der Waals surface area contributed by atoms with Crippen molar-refractivity contribution in [3.63, 3.8) is 0 Å². The highest BCUT2D eigenvalue weighted by Crippen LogP contribution is 2.67. The predicted molar refractivity (Wildman–Crippen MR) is 185 cm³/mol. The third-order valence-electron chi connectivity index (χ3n) is 10.8. The van der Waals surface area contributed by atoms with Gasteiger partial charge in [-0.05, 0) is 110 Å². The first-order valence-corrected chi connectivity index (χ1v) is 18.6. The number of alkyl halides is 24. The Morgan fingerprint density at radius 2 is 0.580 bits per heavy atom. The van der Waals surface area contributed by atoms with E-state index < -0.39 is 162 Å². The molecule has 33 heteroatoms. The first-order chi connectivity index (χ1) is 30.2. The summed E-state index contributed by atoms with van der Waals surface area (Å²) < 4.78 is 318. The lowest BCUT2D eigenvalue weighted by atomic mass is 9.73. The number of hydrogen-bond acceptors (Lipinski definition) is 8. The van der Waals surface area contributed by atoms with Gasteiger partial charge in [-0.2, -0.15) is 105 Å². The second-order valence-electron chi connectivity index (χ2n) is 15.2. The zero-order valence-electron chi connectivity index (χ0n) is 34.9. The van der Waals surface area contributed by atoms with Crippen LogP contribution in [0.15, 0.2) is 46.6 Å². The van der Waals surface area contributed by atoms with Gasteiger partial charge in [0.25, 0.3) is 22.4 Å². The number of ether oxygens (including phenoxy) is 1. The number of carbonyl (C=O) groups is 2. The first-order valence-electron chi connectivity index (χ1n) is 18.2. The molecule has 0 aromatic rings. The van der Waals surface area contributed by atoms with E-state index in [4.69, 9.17) is 16.7 Å². The van der Waals surface area contributed by atoms with E-state index in [0.717, 1.165) is 7.11 Å². The number of allylic oxidation sites excluding steroid dienone is 1. The second-order valence-corrected chi connectivity index (χ2v) is 15.6. The third kappa shape index (κ3) is 12.1. The second kappa shape index (κ2) is 20.9. The van der Waals surface area contributed by atoms with Crippen LogP contribution in [-0.4, -0.2) is 123 Å². The van der Waals surface area contributed by atoms with Gasteiger partial charge in [-0.25, -0.2) is 4.79 Å². The molecular weight excluding hydrogens is 1050 g/mol. The van der Waals surface area contributed by atoms with Crippen LogP contribution in [0.3, 0.4) is 0 Å². The van der Waals surface area contributed by atoms with E-state index >= 15 is 0 Å². The zero-order valence-corrected chi connectivity index (χ0v) is 35.6. The Labute approximate surface area is 376 Å². The van der Waals surface area contributed by atoms with E-state index in [-0.39, 0.29) is 5.97 Å². The fraction of sp³-hybridized carbons (Fsp3) is 0.722. The van der Waals surface area contributed by atoms with Crippen LogP contribution in [-0.2, 0) is 14.3 Å². The van der Waals surface area contributed by atoms with Gasteiger partial charge in [-0.3, -0.25) is 4.79 Å². The summed E-state index contributed by atoms with van der Waals surface area (Å²) in [4.78, 5) is 20.0. The maximum absolute atomic E-state index is 13.1. The number of rotatable bonds is 6. The highest BCUT2D eigenvalue weighted by molar-refractivity contribution is 6.67. The SMILES string of the molecule is C=C(C)C(=O)Cl.C=C(C)C(=O)OC.CO.OC(C1=C(C(O)(C(F)(F)F)C(F)(F)F)C2CCC1C2)(C(F)(F)F)C(F)(F)F.OC(C1=C(C(O)(C(F)(F)F)C(F)(F)F)C2CCC1C2)(C(F)(F)F)C(F)(F)F. The van der Waals surface area contributed by atoms with Gasteiger partial charge in [0.15, 0.2) is 0 Å². The zero-order chi connectivity index (χ0) is 55.9. The van der Waals surface area contributed by atoms with Crippen LogP contribution in [0.5, 0.6) is 0 Å². The monoisotopic (exact) mass is 1090 g/mol. The normalized spacial score (nSPS) is 21.5. The topological polar surface area (TPSA) is 145 Å². The van der Waals surface area contributed by atoms with Crippen molar-refractivity contribution in [1.29, 1.82) is 0 Å². The van der Waals surface area contributed by atoms with Crippen molar-refractivity contribution in [2.24, 2.45) is 23.7 Å². The Morgan fingerprint density at radius 3 is 0.652 bits per heavy atom. The van der Waals surface area contributed by atoms with Gasteiger partial charge >= 0.3 is 55.4 Å². The van der Waals surface area contributed by atoms with Crippen LogP contribution in [0.25, 0.3) is 0 Å². The highest BCUT2D eigenvalue weighted by atomic mass is 35.5. The molecule has 2 fully saturated rings. The lowest BCUT2D eigenvalue weighted by Crippen LogP contribution is -2.63. The van der Waals surface area contributed by atoms with Gasteiger partial charge in [0, 0.05) is 18.3 Å². The van der Waals surface area contributed by atoms with Gasteiger partial charge in [-0.15, -0.1) is 0 Å². The fourth-order valence-corrected chi connectivity index (χ4v) is 7.89. The van der Waals surface area contributed by atoms with Crippen LogP contribution in [0.1, 0.15) is 52.4 Å². The van der Waals surface area contributed by atoms with Gasteiger partial charge in [-0.1, -0.05) is 13.2 Å². The highest BCUT2D eigenvalue weighted by Gasteiger charge is 2.82. The molecule has 5 N–H and O–H groups in total. The molecule has 0 aromatic heterocycles. The van der Waals surface area contributed by atoms with E-state index in [1.807, 2.05) is 0 Å². The van der Waals surface area contributed by atoms with Gasteiger partial charge < -0.3 is 30.3 Å². The number of carbonyl (C=O) groups excluding carboxylic acids is 2. The molecular formula is C36H37ClF24O8. The molecule has 4 aliphatic carbocycles. The molecule has 0 saturated heterocycles. The maximum atomic E-state index is 13.1. The Balaban J connectivity index is 0.00000104. The number of methoxy groups -OCH3 is 1. The van der Waals surface area contributed by atoms with Crippen molar-refractivity contribution in [3.05, 3.63) is 46.6 Å². The molecule has 4 rings (SSSR count). The van der Waals surface area contributed by atoms with Crippen molar-refractivity contribution in [2.75, 3.05) is 14.2 Å². The summed E-state index contributed by atoms with van der Waals surface area (Å²) >= 11 is 4.87. The summed E-state index contributed by atoms with van der Waals surface area (Å²) in [6.45, 7) is 9.79. The van der Waals surface area contributed by atoms with Crippen molar-refractivity contribution in [2.45, 2.75) is 124 Å². The Kier molecular flexibility index (Phi) is 19.9. The average Bonchev–Trinajstić information content (AvgIpc) is 3.96. The minimum atomic E-state index is -6.67. The molecule has 8 nitrogen and oxygen atoms in total. The van der Waals surface area contributed by atoms with Gasteiger partial charge in [0.1, 0.15) is 0 Å². The first kappa shape index (κ1) is 65.5. The minimum absolute atomic E-state index is 0.347. The van der Waals surface area contributed by atoms with E-state index in [1.165, 1.54) is 7.11 Å². The molecule has 0 aliphatic heterocycles. The van der Waals surface area contributed by atoms with E-state index in [2.05, 4.69) is 17.9 Å². The van der Waals surface area contributed by atoms with Crippen LogP contribution < -0.4 is 0 Å². The third-order valence-corrected chi connectivity index (χ3v) is 11.1. The molecule has 0 amide bonds. The summed E-state index contributed by atoms with van der Waals surface area (Å²) in [6.07, 6.45) is -57.6. The standard InChI is InChI=1S/2C13H10F12O2.C5H8O2.C4H5ClO.CH4O/c2*14-10(15,16)8(26,11(17,18)19)6-4-1-2-5(3-4)7(6)9(27,12(20,21)22)13(23,24)25;1-4(2)5(6)7-3;1-3(2)4(5)6;1-2/h2*4-5,26-27H,1-3H2;1H2,2-3H3;1H2,2H3;2H,1H3. The Morgan fingerprint density at radius 1 is 0.435 bits per heavy atom. The van der Waals surface area contributed by atoms with Gasteiger partial charge in [0.2, 0.25) is 5.24 Å². The fourth-order valence-electron chi connectivity index (χ4n) is 7.89. The van der Waals surface area contributed by atoms with E-state index in [0.29, 0.717) is 11.1 Å². The molecule has 404 valence electrons. The molecule has 0 spiro atoms. The lowest BCUT2D eigenvalue weighted by Gasteiger charge is -2.42. The molecule has 0 heterocycles. The molecule has 4 atom stereocenters. The minimum Gasteiger partial charge on any atom is -0.466 e. The number of halogens is 25. The van der Waals surface area contributed by atoms with E-state index in [9.17, 15) is 135 Å². The van der Waals surface area contributed by atoms with Crippen LogP contribution in [0.2, 0.25) is 0 Å². The summed E-state index contributed by atoms with van der Waals surface area (Å²) in [5.74, 6) is -8.53. The smallest absolute Gasteiger partial charge is 0.430 e. The number of aliphatic hydroxyl groups excluding tert-OH is 1. The predicted octanol–water partition coefficient (Wildman–Crippen LogP) is 10.5. The van der Waals surface area contributed by atoms with E-state index in [1.54, 1.807) is 13.8 Å². The van der Waals surface area contributed by atoms with Crippen molar-refractivity contribution in [1.82, 2.24) is 0 Å². The molecule has 4 bridgehead atoms. The Bertz CT molecular complexity index is 1640. The van der Waals surface area contributed by atoms with Crippen LogP contribution >= 0.6 is 11.6 Å². The lowest BCUT2D eigenvalue weighted by molar-refractivity contribution is -0.364. The number of aliphatic hydroxyl groups is 5. The molecule has 2 saturated carbocycles. The van der Waals surface area contributed by atoms with Crippen molar-refractivity contribution >= 4 is 22.8 Å². The van der Waals surface area contributed by atoms with Crippen molar-refractivity contribution < 1.29 is 145 Å². The molecule has 0 radical (unpaired) electrons. The summed E-state index contributed by atoms with van der Waals surface area (Å²) in [7, 11) is 2.33. The summed E-state index contributed by atoms with van der Waals surface area (Å²) in [6, 6.07) is 0. The molecule has 4 aliphatic rings. The quantitative estimate of drug-likeness (QED) is 0.0582. The van der Waals surface area contributed by atoms with Gasteiger partial charge in [0.05, 0.1) is 7.11 Å². The molecule has 0 aromatic carbocycles. The number of hydrogen-bond donors (Lipinski definition) is 5. The molecule has 4 unspecified atom stereocenters. The number of esters is 1. The Hall–Kier alpha value is -3.49.